The number of methoxy groups -OCH3 is 1. The molecule has 2 heterocycles. The Morgan fingerprint density at radius 3 is 2.55 bits per heavy atom. The summed E-state index contributed by atoms with van der Waals surface area (Å²) in [5.74, 6) is 3.17. The van der Waals surface area contributed by atoms with Crippen molar-refractivity contribution >= 4 is 5.69 Å². The Hall–Kier alpha value is -2.71. The number of nitriles is 1. The first-order valence-corrected chi connectivity index (χ1v) is 11.5. The Morgan fingerprint density at radius 2 is 1.81 bits per heavy atom. The SMILES string of the molecule is COC1CC(CC2CCN(c3cccc(-c4ccc5c(c4)OCCO5)c3C#N)CC2)C1. The maximum absolute atomic E-state index is 10.0. The third kappa shape index (κ3) is 4.09. The quantitative estimate of drug-likeness (QED) is 0.682. The van der Waals surface area contributed by atoms with E-state index in [2.05, 4.69) is 23.1 Å². The van der Waals surface area contributed by atoms with Gasteiger partial charge in [0.1, 0.15) is 19.3 Å². The summed E-state index contributed by atoms with van der Waals surface area (Å²) in [5, 5.41) is 10.0. The molecule has 0 radical (unpaired) electrons. The van der Waals surface area contributed by atoms with Crippen LogP contribution in [0, 0.1) is 23.2 Å². The van der Waals surface area contributed by atoms with Crippen LogP contribution in [0.1, 0.15) is 37.7 Å². The highest BCUT2D eigenvalue weighted by Crippen LogP contribution is 2.40. The van der Waals surface area contributed by atoms with Gasteiger partial charge in [0, 0.05) is 25.8 Å². The van der Waals surface area contributed by atoms with Crippen molar-refractivity contribution in [1.82, 2.24) is 0 Å². The summed E-state index contributed by atoms with van der Waals surface area (Å²) in [6, 6.07) is 14.6. The van der Waals surface area contributed by atoms with Crippen LogP contribution in [0.4, 0.5) is 5.69 Å². The van der Waals surface area contributed by atoms with Crippen LogP contribution in [0.25, 0.3) is 11.1 Å². The molecule has 1 saturated heterocycles. The lowest BCUT2D eigenvalue weighted by Crippen LogP contribution is -2.37. The molecule has 1 aliphatic carbocycles. The number of rotatable bonds is 5. The highest BCUT2D eigenvalue weighted by Gasteiger charge is 2.32. The van der Waals surface area contributed by atoms with Gasteiger partial charge in [0.15, 0.2) is 11.5 Å². The number of hydrogen-bond donors (Lipinski definition) is 0. The first-order valence-electron chi connectivity index (χ1n) is 11.5. The minimum atomic E-state index is 0.492. The number of nitrogens with zero attached hydrogens (tertiary/aromatic N) is 2. The molecule has 0 bridgehead atoms. The molecule has 2 aromatic carbocycles. The monoisotopic (exact) mass is 418 g/mol. The van der Waals surface area contributed by atoms with Crippen molar-refractivity contribution in [3.63, 3.8) is 0 Å². The fourth-order valence-corrected chi connectivity index (χ4v) is 5.31. The van der Waals surface area contributed by atoms with Crippen LogP contribution in [0.3, 0.4) is 0 Å². The van der Waals surface area contributed by atoms with Gasteiger partial charge in [-0.05, 0) is 67.7 Å². The summed E-state index contributed by atoms with van der Waals surface area (Å²) in [6.07, 6.45) is 6.68. The van der Waals surface area contributed by atoms with E-state index in [1.165, 1.54) is 32.1 Å². The molecular weight excluding hydrogens is 388 g/mol. The fraction of sp³-hybridized carbons (Fsp3) is 0.500. The maximum Gasteiger partial charge on any atom is 0.161 e. The molecule has 0 aromatic heterocycles. The number of benzene rings is 2. The Kier molecular flexibility index (Phi) is 5.74. The van der Waals surface area contributed by atoms with Gasteiger partial charge >= 0.3 is 0 Å². The first-order chi connectivity index (χ1) is 15.2. The predicted molar refractivity (Wildman–Crippen MR) is 121 cm³/mol. The lowest BCUT2D eigenvalue weighted by Gasteiger charge is -2.40. The van der Waals surface area contributed by atoms with Crippen LogP contribution in [-0.4, -0.2) is 39.5 Å². The van der Waals surface area contributed by atoms with Gasteiger partial charge in [-0.3, -0.25) is 0 Å². The van der Waals surface area contributed by atoms with E-state index in [0.717, 1.165) is 58.8 Å². The number of fused-ring (bicyclic) bond motifs is 1. The highest BCUT2D eigenvalue weighted by atomic mass is 16.6. The highest BCUT2D eigenvalue weighted by molar-refractivity contribution is 5.79. The standard InChI is InChI=1S/C26H30N2O3/c1-29-21-14-19(15-21)13-18-7-9-28(10-8-18)24-4-2-3-22(23(24)17-27)20-5-6-25-26(16-20)31-12-11-30-25/h2-6,16,18-19,21H,7-15H2,1H3. The molecule has 0 amide bonds. The molecule has 162 valence electrons. The molecule has 5 rings (SSSR count). The van der Waals surface area contributed by atoms with Gasteiger partial charge < -0.3 is 19.1 Å². The average Bonchev–Trinajstić information content (AvgIpc) is 2.80. The summed E-state index contributed by atoms with van der Waals surface area (Å²) < 4.78 is 16.8. The lowest BCUT2D eigenvalue weighted by atomic mass is 9.74. The molecule has 2 fully saturated rings. The lowest BCUT2D eigenvalue weighted by molar-refractivity contribution is -0.00796. The van der Waals surface area contributed by atoms with Crippen molar-refractivity contribution in [2.75, 3.05) is 38.3 Å². The Balaban J connectivity index is 1.30. The zero-order valence-electron chi connectivity index (χ0n) is 18.2. The van der Waals surface area contributed by atoms with E-state index in [0.29, 0.717) is 19.3 Å². The second-order valence-corrected chi connectivity index (χ2v) is 9.03. The van der Waals surface area contributed by atoms with Crippen LogP contribution in [-0.2, 0) is 4.74 Å². The Bertz CT molecular complexity index is 969. The van der Waals surface area contributed by atoms with Crippen molar-refractivity contribution in [1.29, 1.82) is 5.26 Å². The summed E-state index contributed by atoms with van der Waals surface area (Å²) in [6.45, 7) is 3.17. The summed E-state index contributed by atoms with van der Waals surface area (Å²) in [5.41, 5.74) is 3.75. The molecule has 2 aliphatic heterocycles. The van der Waals surface area contributed by atoms with Crippen LogP contribution < -0.4 is 14.4 Å². The Labute approximate surface area is 184 Å². The summed E-state index contributed by atoms with van der Waals surface area (Å²) in [7, 11) is 1.82. The van der Waals surface area contributed by atoms with Crippen molar-refractivity contribution in [2.24, 2.45) is 11.8 Å². The van der Waals surface area contributed by atoms with Crippen molar-refractivity contribution in [3.05, 3.63) is 42.0 Å². The fourth-order valence-electron chi connectivity index (χ4n) is 5.31. The largest absolute Gasteiger partial charge is 0.486 e. The molecule has 0 N–H and O–H groups in total. The predicted octanol–water partition coefficient (Wildman–Crippen LogP) is 5.03. The van der Waals surface area contributed by atoms with Crippen LogP contribution >= 0.6 is 0 Å². The Morgan fingerprint density at radius 1 is 1.03 bits per heavy atom. The van der Waals surface area contributed by atoms with Crippen LogP contribution in [0.2, 0.25) is 0 Å². The normalized spacial score (nSPS) is 23.2. The molecule has 1 saturated carbocycles. The van der Waals surface area contributed by atoms with Gasteiger partial charge in [0.2, 0.25) is 0 Å². The smallest absolute Gasteiger partial charge is 0.161 e. The van der Waals surface area contributed by atoms with Crippen LogP contribution in [0.5, 0.6) is 11.5 Å². The molecule has 31 heavy (non-hydrogen) atoms. The van der Waals surface area contributed by atoms with Crippen molar-refractivity contribution in [3.8, 4) is 28.7 Å². The first kappa shape index (κ1) is 20.2. The average molecular weight is 419 g/mol. The van der Waals surface area contributed by atoms with E-state index >= 15 is 0 Å². The zero-order valence-corrected chi connectivity index (χ0v) is 18.2. The van der Waals surface area contributed by atoms with E-state index in [1.807, 2.05) is 31.4 Å². The van der Waals surface area contributed by atoms with Gasteiger partial charge in [0.25, 0.3) is 0 Å². The van der Waals surface area contributed by atoms with Gasteiger partial charge in [-0.15, -0.1) is 0 Å². The summed E-state index contributed by atoms with van der Waals surface area (Å²) in [4.78, 5) is 2.40. The van der Waals surface area contributed by atoms with Gasteiger partial charge in [-0.1, -0.05) is 18.2 Å². The topological polar surface area (TPSA) is 54.7 Å². The minimum absolute atomic E-state index is 0.492. The van der Waals surface area contributed by atoms with E-state index in [1.54, 1.807) is 0 Å². The number of ether oxygens (including phenoxy) is 3. The number of hydrogen-bond acceptors (Lipinski definition) is 5. The molecule has 2 aromatic rings. The molecule has 5 nitrogen and oxygen atoms in total. The molecule has 3 aliphatic rings. The van der Waals surface area contributed by atoms with Gasteiger partial charge in [-0.25, -0.2) is 0 Å². The van der Waals surface area contributed by atoms with Crippen LogP contribution in [0.15, 0.2) is 36.4 Å². The minimum Gasteiger partial charge on any atom is -0.486 e. The third-order valence-electron chi connectivity index (χ3n) is 7.16. The van der Waals surface area contributed by atoms with Crippen molar-refractivity contribution < 1.29 is 14.2 Å². The number of anilines is 1. The van der Waals surface area contributed by atoms with E-state index in [-0.39, 0.29) is 0 Å². The zero-order chi connectivity index (χ0) is 21.2. The molecule has 0 spiro atoms. The second-order valence-electron chi connectivity index (χ2n) is 9.03. The summed E-state index contributed by atoms with van der Waals surface area (Å²) >= 11 is 0. The second kappa shape index (κ2) is 8.80. The molecule has 0 atom stereocenters. The van der Waals surface area contributed by atoms with E-state index < -0.39 is 0 Å². The molecular formula is C26H30N2O3. The van der Waals surface area contributed by atoms with Gasteiger partial charge in [0.05, 0.1) is 17.4 Å². The molecule has 0 unspecified atom stereocenters. The van der Waals surface area contributed by atoms with Crippen molar-refractivity contribution in [2.45, 2.75) is 38.2 Å². The molecule has 5 heteroatoms. The number of piperidine rings is 1. The van der Waals surface area contributed by atoms with E-state index in [4.69, 9.17) is 14.2 Å². The van der Waals surface area contributed by atoms with E-state index in [9.17, 15) is 5.26 Å². The third-order valence-corrected chi connectivity index (χ3v) is 7.16. The van der Waals surface area contributed by atoms with Gasteiger partial charge in [-0.2, -0.15) is 5.26 Å². The maximum atomic E-state index is 10.0.